The minimum Gasteiger partial charge on any atom is -0.495 e. The molecule has 0 fully saturated rings. The molecule has 2 amide bonds. The van der Waals surface area contributed by atoms with Crippen molar-refractivity contribution in [3.05, 3.63) is 41.3 Å². The van der Waals surface area contributed by atoms with E-state index in [1.165, 1.54) is 20.5 Å². The van der Waals surface area contributed by atoms with Crippen LogP contribution in [-0.4, -0.2) is 32.6 Å². The number of methoxy groups -OCH3 is 2. The number of carbonyl (C=O) groups is 2. The van der Waals surface area contributed by atoms with Gasteiger partial charge in [-0.1, -0.05) is 11.6 Å². The van der Waals surface area contributed by atoms with E-state index in [2.05, 4.69) is 10.6 Å². The lowest BCUT2D eigenvalue weighted by Gasteiger charge is -2.13. The number of anilines is 1. The van der Waals surface area contributed by atoms with Crippen molar-refractivity contribution >= 4 is 29.1 Å². The van der Waals surface area contributed by atoms with Gasteiger partial charge >= 0.3 is 0 Å². The normalized spacial score (nSPS) is 10.2. The molecule has 0 unspecified atom stereocenters. The number of carbonyl (C=O) groups excluding carboxylic acids is 2. The summed E-state index contributed by atoms with van der Waals surface area (Å²) in [4.78, 5) is 23.7. The third-order valence-corrected chi connectivity index (χ3v) is 3.65. The topological polar surface area (TPSA) is 89.8 Å². The van der Waals surface area contributed by atoms with Crippen molar-refractivity contribution in [2.75, 3.05) is 26.1 Å². The molecular weight excluding hydrogens is 348 g/mol. The van der Waals surface area contributed by atoms with Gasteiger partial charge in [-0.3, -0.25) is 9.59 Å². The summed E-state index contributed by atoms with van der Waals surface area (Å²) in [6.07, 6.45) is 2.13. The van der Waals surface area contributed by atoms with Gasteiger partial charge in [0.2, 0.25) is 5.91 Å². The predicted molar refractivity (Wildman–Crippen MR) is 93.5 cm³/mol. The molecule has 0 spiro atoms. The summed E-state index contributed by atoms with van der Waals surface area (Å²) in [6, 6.07) is 6.37. The van der Waals surface area contributed by atoms with Gasteiger partial charge in [-0.05, 0) is 24.6 Å². The first-order valence-corrected chi connectivity index (χ1v) is 7.96. The summed E-state index contributed by atoms with van der Waals surface area (Å²) in [6.45, 7) is 0.355. The van der Waals surface area contributed by atoms with Crippen molar-refractivity contribution in [2.45, 2.75) is 12.8 Å². The second-order valence-electron chi connectivity index (χ2n) is 5.07. The number of hydrogen-bond donors (Lipinski definition) is 2. The van der Waals surface area contributed by atoms with Crippen LogP contribution in [0.1, 0.15) is 23.4 Å². The molecule has 25 heavy (non-hydrogen) atoms. The number of ether oxygens (including phenoxy) is 2. The molecule has 2 N–H and O–H groups in total. The van der Waals surface area contributed by atoms with Crippen molar-refractivity contribution in [1.82, 2.24) is 5.32 Å². The lowest BCUT2D eigenvalue weighted by atomic mass is 10.2. The Morgan fingerprint density at radius 1 is 1.20 bits per heavy atom. The van der Waals surface area contributed by atoms with E-state index in [0.29, 0.717) is 35.2 Å². The number of amides is 2. The van der Waals surface area contributed by atoms with Gasteiger partial charge in [0.25, 0.3) is 5.91 Å². The summed E-state index contributed by atoms with van der Waals surface area (Å²) in [5, 5.41) is 5.78. The molecule has 7 nitrogen and oxygen atoms in total. The highest BCUT2D eigenvalue weighted by Gasteiger charge is 2.13. The van der Waals surface area contributed by atoms with Gasteiger partial charge < -0.3 is 24.5 Å². The van der Waals surface area contributed by atoms with Gasteiger partial charge in [-0.2, -0.15) is 0 Å². The quantitative estimate of drug-likeness (QED) is 0.701. The number of nitrogens with one attached hydrogen (secondary N) is 2. The average Bonchev–Trinajstić information content (AvgIpc) is 3.13. The van der Waals surface area contributed by atoms with Gasteiger partial charge in [-0.25, -0.2) is 0 Å². The van der Waals surface area contributed by atoms with E-state index < -0.39 is 0 Å². The Labute approximate surface area is 150 Å². The first-order chi connectivity index (χ1) is 12.0. The Morgan fingerprint density at radius 2 is 1.96 bits per heavy atom. The highest BCUT2D eigenvalue weighted by atomic mass is 35.5. The zero-order valence-electron chi connectivity index (χ0n) is 13.9. The van der Waals surface area contributed by atoms with Crippen LogP contribution in [0.25, 0.3) is 0 Å². The van der Waals surface area contributed by atoms with Gasteiger partial charge in [0.15, 0.2) is 5.76 Å². The lowest BCUT2D eigenvalue weighted by molar-refractivity contribution is -0.116. The van der Waals surface area contributed by atoms with E-state index in [9.17, 15) is 9.59 Å². The Balaban J connectivity index is 1.82. The fraction of sp³-hybridized carbons (Fsp3) is 0.294. The van der Waals surface area contributed by atoms with E-state index in [-0.39, 0.29) is 24.0 Å². The number of furan rings is 1. The smallest absolute Gasteiger partial charge is 0.286 e. The molecule has 2 rings (SSSR count). The summed E-state index contributed by atoms with van der Waals surface area (Å²) in [7, 11) is 2.98. The maximum Gasteiger partial charge on any atom is 0.286 e. The summed E-state index contributed by atoms with van der Waals surface area (Å²) in [5.41, 5.74) is 0.456. The van der Waals surface area contributed by atoms with E-state index in [4.69, 9.17) is 25.5 Å². The third kappa shape index (κ3) is 5.15. The zero-order chi connectivity index (χ0) is 18.2. The monoisotopic (exact) mass is 366 g/mol. The number of rotatable bonds is 8. The molecule has 1 heterocycles. The highest BCUT2D eigenvalue weighted by molar-refractivity contribution is 6.32. The summed E-state index contributed by atoms with van der Waals surface area (Å²) >= 11 is 6.06. The molecule has 0 aliphatic rings. The molecule has 0 bridgehead atoms. The molecule has 0 aliphatic carbocycles. The van der Waals surface area contributed by atoms with Crippen molar-refractivity contribution in [2.24, 2.45) is 0 Å². The Hall–Kier alpha value is -2.67. The molecule has 0 atom stereocenters. The van der Waals surface area contributed by atoms with Crippen LogP contribution in [0.5, 0.6) is 11.5 Å². The number of halogens is 1. The van der Waals surface area contributed by atoms with E-state index >= 15 is 0 Å². The van der Waals surface area contributed by atoms with Gasteiger partial charge in [0.1, 0.15) is 11.5 Å². The highest BCUT2D eigenvalue weighted by Crippen LogP contribution is 2.35. The van der Waals surface area contributed by atoms with Gasteiger partial charge in [-0.15, -0.1) is 0 Å². The molecule has 1 aromatic heterocycles. The molecule has 0 saturated heterocycles. The zero-order valence-corrected chi connectivity index (χ0v) is 14.7. The molecule has 0 aliphatic heterocycles. The van der Waals surface area contributed by atoms with E-state index in [1.54, 1.807) is 24.3 Å². The molecule has 2 aromatic rings. The van der Waals surface area contributed by atoms with Crippen LogP contribution in [0.4, 0.5) is 5.69 Å². The standard InChI is InChI=1S/C17H19ClN2O5/c1-23-14-10-15(24-2)12(9-11(14)18)20-16(21)6-3-7-19-17(22)13-5-4-8-25-13/h4-5,8-10H,3,6-7H2,1-2H3,(H,19,22)(H,20,21). The maximum atomic E-state index is 12.0. The lowest BCUT2D eigenvalue weighted by Crippen LogP contribution is -2.25. The Morgan fingerprint density at radius 3 is 2.60 bits per heavy atom. The van der Waals surface area contributed by atoms with Crippen LogP contribution in [0.15, 0.2) is 34.9 Å². The van der Waals surface area contributed by atoms with Gasteiger partial charge in [0.05, 0.1) is 31.2 Å². The summed E-state index contributed by atoms with van der Waals surface area (Å²) in [5.74, 6) is 0.612. The second kappa shape index (κ2) is 8.98. The van der Waals surface area contributed by atoms with E-state index in [0.717, 1.165) is 0 Å². The molecule has 1 aromatic carbocycles. The maximum absolute atomic E-state index is 12.0. The molecular formula is C17H19ClN2O5. The minimum absolute atomic E-state index is 0.216. The van der Waals surface area contributed by atoms with E-state index in [1.807, 2.05) is 0 Å². The van der Waals surface area contributed by atoms with Crippen LogP contribution >= 0.6 is 11.6 Å². The number of hydrogen-bond acceptors (Lipinski definition) is 5. The number of benzene rings is 1. The summed E-state index contributed by atoms with van der Waals surface area (Å²) < 4.78 is 15.3. The first-order valence-electron chi connectivity index (χ1n) is 7.58. The largest absolute Gasteiger partial charge is 0.495 e. The Kier molecular flexibility index (Phi) is 6.71. The predicted octanol–water partition coefficient (Wildman–Crippen LogP) is 3.10. The molecule has 0 radical (unpaired) electrons. The minimum atomic E-state index is -0.311. The SMILES string of the molecule is COc1cc(OC)c(NC(=O)CCCNC(=O)c2ccco2)cc1Cl. The molecule has 134 valence electrons. The molecule has 8 heteroatoms. The molecule has 0 saturated carbocycles. The average molecular weight is 367 g/mol. The van der Waals surface area contributed by atoms with Crippen LogP contribution < -0.4 is 20.1 Å². The van der Waals surface area contributed by atoms with Crippen molar-refractivity contribution in [3.8, 4) is 11.5 Å². The van der Waals surface area contributed by atoms with Crippen LogP contribution in [0.3, 0.4) is 0 Å². The fourth-order valence-electron chi connectivity index (χ4n) is 2.12. The second-order valence-corrected chi connectivity index (χ2v) is 5.48. The first kappa shape index (κ1) is 18.7. The van der Waals surface area contributed by atoms with Gasteiger partial charge in [0, 0.05) is 19.0 Å². The van der Waals surface area contributed by atoms with Crippen LogP contribution in [-0.2, 0) is 4.79 Å². The van der Waals surface area contributed by atoms with Crippen LogP contribution in [0.2, 0.25) is 5.02 Å². The van der Waals surface area contributed by atoms with Crippen LogP contribution in [0, 0.1) is 0 Å². The van der Waals surface area contributed by atoms with Crippen molar-refractivity contribution < 1.29 is 23.5 Å². The fourth-order valence-corrected chi connectivity index (χ4v) is 2.36. The van der Waals surface area contributed by atoms with Crippen molar-refractivity contribution in [3.63, 3.8) is 0 Å². The Bertz CT molecular complexity index is 731. The third-order valence-electron chi connectivity index (χ3n) is 3.36. The van der Waals surface area contributed by atoms with Crippen molar-refractivity contribution in [1.29, 1.82) is 0 Å².